The molecule has 5 heteroatoms. The Labute approximate surface area is 123 Å². The Balaban J connectivity index is 2.05. The van der Waals surface area contributed by atoms with Crippen LogP contribution in [-0.4, -0.2) is 19.7 Å². The lowest BCUT2D eigenvalue weighted by Crippen LogP contribution is -1.96. The van der Waals surface area contributed by atoms with E-state index in [1.165, 1.54) is 6.26 Å². The van der Waals surface area contributed by atoms with Gasteiger partial charge in [-0.1, -0.05) is 18.2 Å². The fourth-order valence-corrected chi connectivity index (χ4v) is 2.78. The van der Waals surface area contributed by atoms with Crippen molar-refractivity contribution < 1.29 is 12.8 Å². The summed E-state index contributed by atoms with van der Waals surface area (Å²) in [6.07, 6.45) is 7.99. The molecule has 0 saturated heterocycles. The Morgan fingerprint density at radius 3 is 2.19 bits per heavy atom. The largest absolute Gasteiger partial charge is 0.471 e. The van der Waals surface area contributed by atoms with E-state index in [-0.39, 0.29) is 0 Å². The standard InChI is InChI=1S/C16H13NO3S/c1-21(18,19)14-6-4-12(5-7-14)15-10-20-11-16(15)13-3-2-8-17-9-13/h2-11H,1H3. The van der Waals surface area contributed by atoms with Crippen molar-refractivity contribution in [3.05, 3.63) is 61.3 Å². The third kappa shape index (κ3) is 2.73. The molecule has 3 aromatic rings. The van der Waals surface area contributed by atoms with Crippen LogP contribution in [0.1, 0.15) is 0 Å². The van der Waals surface area contributed by atoms with E-state index in [1.54, 1.807) is 49.2 Å². The average molecular weight is 299 g/mol. The summed E-state index contributed by atoms with van der Waals surface area (Å²) in [5.74, 6) is 0. The van der Waals surface area contributed by atoms with Gasteiger partial charge in [0.25, 0.3) is 0 Å². The number of hydrogen-bond donors (Lipinski definition) is 0. The first-order chi connectivity index (χ1) is 10.1. The van der Waals surface area contributed by atoms with Gasteiger partial charge in [-0.25, -0.2) is 8.42 Å². The summed E-state index contributed by atoms with van der Waals surface area (Å²) < 4.78 is 28.3. The molecule has 0 spiro atoms. The van der Waals surface area contributed by atoms with Gasteiger partial charge in [0, 0.05) is 35.3 Å². The van der Waals surface area contributed by atoms with Crippen LogP contribution in [0.15, 0.2) is 70.6 Å². The maximum Gasteiger partial charge on any atom is 0.175 e. The van der Waals surface area contributed by atoms with Crippen LogP contribution in [0.4, 0.5) is 0 Å². The van der Waals surface area contributed by atoms with Crippen molar-refractivity contribution in [3.63, 3.8) is 0 Å². The summed E-state index contributed by atoms with van der Waals surface area (Å²) in [6, 6.07) is 10.6. The van der Waals surface area contributed by atoms with Gasteiger partial charge in [-0.3, -0.25) is 4.98 Å². The number of sulfone groups is 1. The molecule has 4 nitrogen and oxygen atoms in total. The second-order valence-corrected chi connectivity index (χ2v) is 6.75. The lowest BCUT2D eigenvalue weighted by molar-refractivity contribution is 0.569. The van der Waals surface area contributed by atoms with Crippen molar-refractivity contribution in [1.82, 2.24) is 4.98 Å². The molecule has 2 aromatic heterocycles. The van der Waals surface area contributed by atoms with E-state index in [0.29, 0.717) is 4.90 Å². The molecule has 0 aliphatic carbocycles. The van der Waals surface area contributed by atoms with Crippen molar-refractivity contribution in [2.75, 3.05) is 6.26 Å². The Hall–Kier alpha value is -2.40. The summed E-state index contributed by atoms with van der Waals surface area (Å²) >= 11 is 0. The summed E-state index contributed by atoms with van der Waals surface area (Å²) in [7, 11) is -3.18. The number of nitrogens with zero attached hydrogens (tertiary/aromatic N) is 1. The molecule has 0 amide bonds. The van der Waals surface area contributed by atoms with Gasteiger partial charge in [0.15, 0.2) is 9.84 Å². The minimum Gasteiger partial charge on any atom is -0.471 e. The third-order valence-electron chi connectivity index (χ3n) is 3.23. The SMILES string of the molecule is CS(=O)(=O)c1ccc(-c2cocc2-c2cccnc2)cc1. The molecule has 0 saturated carbocycles. The maximum absolute atomic E-state index is 11.5. The zero-order valence-corrected chi connectivity index (χ0v) is 12.2. The van der Waals surface area contributed by atoms with Gasteiger partial charge in [-0.2, -0.15) is 0 Å². The number of benzene rings is 1. The van der Waals surface area contributed by atoms with Gasteiger partial charge in [-0.15, -0.1) is 0 Å². The smallest absolute Gasteiger partial charge is 0.175 e. The first-order valence-electron chi connectivity index (χ1n) is 6.33. The Bertz CT molecular complexity index is 850. The topological polar surface area (TPSA) is 60.2 Å². The average Bonchev–Trinajstić information content (AvgIpc) is 2.97. The molecule has 0 unspecified atom stereocenters. The van der Waals surface area contributed by atoms with E-state index < -0.39 is 9.84 Å². The van der Waals surface area contributed by atoms with Gasteiger partial charge in [0.1, 0.15) is 0 Å². The van der Waals surface area contributed by atoms with Crippen LogP contribution < -0.4 is 0 Å². The number of furan rings is 1. The number of rotatable bonds is 3. The zero-order valence-electron chi connectivity index (χ0n) is 11.4. The minimum absolute atomic E-state index is 0.303. The fourth-order valence-electron chi connectivity index (χ4n) is 2.15. The molecule has 3 rings (SSSR count). The van der Waals surface area contributed by atoms with Crippen LogP contribution >= 0.6 is 0 Å². The summed E-state index contributed by atoms with van der Waals surface area (Å²) in [4.78, 5) is 4.40. The molecule has 0 fully saturated rings. The van der Waals surface area contributed by atoms with Crippen LogP contribution in [0.3, 0.4) is 0 Å². The van der Waals surface area contributed by atoms with Gasteiger partial charge >= 0.3 is 0 Å². The monoisotopic (exact) mass is 299 g/mol. The second kappa shape index (κ2) is 5.18. The highest BCUT2D eigenvalue weighted by Crippen LogP contribution is 2.33. The van der Waals surface area contributed by atoms with E-state index in [1.807, 2.05) is 12.1 Å². The van der Waals surface area contributed by atoms with Gasteiger partial charge < -0.3 is 4.42 Å². The van der Waals surface area contributed by atoms with Crippen molar-refractivity contribution in [2.24, 2.45) is 0 Å². The van der Waals surface area contributed by atoms with E-state index in [0.717, 1.165) is 22.3 Å². The Morgan fingerprint density at radius 1 is 0.952 bits per heavy atom. The molecule has 0 bridgehead atoms. The lowest BCUT2D eigenvalue weighted by atomic mass is 10.0. The predicted octanol–water partition coefficient (Wildman–Crippen LogP) is 3.41. The number of aromatic nitrogens is 1. The number of hydrogen-bond acceptors (Lipinski definition) is 4. The quantitative estimate of drug-likeness (QED) is 0.743. The molecule has 2 heterocycles. The molecule has 0 atom stereocenters. The van der Waals surface area contributed by atoms with Crippen molar-refractivity contribution >= 4 is 9.84 Å². The highest BCUT2D eigenvalue weighted by atomic mass is 32.2. The minimum atomic E-state index is -3.18. The van der Waals surface area contributed by atoms with E-state index in [9.17, 15) is 8.42 Å². The molecule has 0 radical (unpaired) electrons. The van der Waals surface area contributed by atoms with Crippen LogP contribution in [0, 0.1) is 0 Å². The maximum atomic E-state index is 11.5. The highest BCUT2D eigenvalue weighted by Gasteiger charge is 2.12. The van der Waals surface area contributed by atoms with E-state index in [2.05, 4.69) is 4.98 Å². The number of pyridine rings is 1. The summed E-state index contributed by atoms with van der Waals surface area (Å²) in [6.45, 7) is 0. The van der Waals surface area contributed by atoms with E-state index in [4.69, 9.17) is 4.42 Å². The van der Waals surface area contributed by atoms with Crippen molar-refractivity contribution in [3.8, 4) is 22.3 Å². The highest BCUT2D eigenvalue weighted by molar-refractivity contribution is 7.90. The molecular formula is C16H13NO3S. The normalized spacial score (nSPS) is 11.5. The molecule has 21 heavy (non-hydrogen) atoms. The predicted molar refractivity (Wildman–Crippen MR) is 80.5 cm³/mol. The second-order valence-electron chi connectivity index (χ2n) is 4.74. The van der Waals surface area contributed by atoms with E-state index >= 15 is 0 Å². The molecular weight excluding hydrogens is 286 g/mol. The fraction of sp³-hybridized carbons (Fsp3) is 0.0625. The first-order valence-corrected chi connectivity index (χ1v) is 8.22. The summed E-state index contributed by atoms with van der Waals surface area (Å²) in [5, 5.41) is 0. The molecule has 0 N–H and O–H groups in total. The summed E-state index contributed by atoms with van der Waals surface area (Å²) in [5.41, 5.74) is 3.68. The first kappa shape index (κ1) is 13.6. The molecule has 106 valence electrons. The Kier molecular flexibility index (Phi) is 3.35. The van der Waals surface area contributed by atoms with Crippen LogP contribution in [0.25, 0.3) is 22.3 Å². The van der Waals surface area contributed by atoms with Gasteiger partial charge in [0.05, 0.1) is 17.4 Å². The van der Waals surface area contributed by atoms with Crippen LogP contribution in [-0.2, 0) is 9.84 Å². The Morgan fingerprint density at radius 2 is 1.62 bits per heavy atom. The van der Waals surface area contributed by atoms with Crippen molar-refractivity contribution in [2.45, 2.75) is 4.90 Å². The van der Waals surface area contributed by atoms with Crippen molar-refractivity contribution in [1.29, 1.82) is 0 Å². The van der Waals surface area contributed by atoms with Gasteiger partial charge in [-0.05, 0) is 23.8 Å². The van der Waals surface area contributed by atoms with Gasteiger partial charge in [0.2, 0.25) is 0 Å². The zero-order chi connectivity index (χ0) is 14.9. The van der Waals surface area contributed by atoms with Crippen LogP contribution in [0.5, 0.6) is 0 Å². The third-order valence-corrected chi connectivity index (χ3v) is 4.36. The molecule has 0 aliphatic rings. The molecule has 0 aliphatic heterocycles. The van der Waals surface area contributed by atoms with Crippen LogP contribution in [0.2, 0.25) is 0 Å². The molecule has 1 aromatic carbocycles. The lowest BCUT2D eigenvalue weighted by Gasteiger charge is -2.04.